The fraction of sp³-hybridized carbons (Fsp3) is 0.571. The Hall–Kier alpha value is -0.420. The maximum atomic E-state index is 9.71. The molecule has 2 N–H and O–H groups in total. The summed E-state index contributed by atoms with van der Waals surface area (Å²) in [5, 5.41) is 13.1. The van der Waals surface area contributed by atoms with Gasteiger partial charge in [-0.25, -0.2) is 0 Å². The number of benzene rings is 1. The van der Waals surface area contributed by atoms with Gasteiger partial charge in [-0.3, -0.25) is 4.90 Å². The van der Waals surface area contributed by atoms with Crippen LogP contribution in [0.2, 0.25) is 0 Å². The maximum Gasteiger partial charge on any atom is 0.0628 e. The second kappa shape index (κ2) is 6.66. The SMILES string of the molecule is Cc1ccc(C(CO)N2CCCNCC2)cc1Br. The van der Waals surface area contributed by atoms with Crippen molar-refractivity contribution >= 4 is 15.9 Å². The van der Waals surface area contributed by atoms with Gasteiger partial charge in [0.2, 0.25) is 0 Å². The van der Waals surface area contributed by atoms with E-state index in [0.717, 1.165) is 37.1 Å². The monoisotopic (exact) mass is 312 g/mol. The molecule has 1 aliphatic heterocycles. The van der Waals surface area contributed by atoms with Crippen molar-refractivity contribution in [2.45, 2.75) is 19.4 Å². The molecule has 1 atom stereocenters. The number of rotatable bonds is 3. The van der Waals surface area contributed by atoms with E-state index in [1.807, 2.05) is 0 Å². The molecule has 0 saturated carbocycles. The van der Waals surface area contributed by atoms with Crippen molar-refractivity contribution in [2.24, 2.45) is 0 Å². The Bertz CT molecular complexity index is 389. The van der Waals surface area contributed by atoms with E-state index in [4.69, 9.17) is 0 Å². The lowest BCUT2D eigenvalue weighted by Gasteiger charge is -2.29. The Balaban J connectivity index is 2.17. The van der Waals surface area contributed by atoms with E-state index < -0.39 is 0 Å². The highest BCUT2D eigenvalue weighted by Gasteiger charge is 2.20. The van der Waals surface area contributed by atoms with Crippen LogP contribution in [-0.2, 0) is 0 Å². The van der Waals surface area contributed by atoms with E-state index >= 15 is 0 Å². The fourth-order valence-electron chi connectivity index (χ4n) is 2.43. The number of nitrogens with one attached hydrogen (secondary N) is 1. The zero-order chi connectivity index (χ0) is 13.0. The second-order valence-corrected chi connectivity index (χ2v) is 5.70. The Kier molecular flexibility index (Phi) is 5.18. The van der Waals surface area contributed by atoms with E-state index in [1.165, 1.54) is 11.1 Å². The molecule has 1 aliphatic rings. The van der Waals surface area contributed by atoms with Crippen molar-refractivity contribution in [3.63, 3.8) is 0 Å². The van der Waals surface area contributed by atoms with Crippen LogP contribution < -0.4 is 5.32 Å². The van der Waals surface area contributed by atoms with Gasteiger partial charge in [-0.1, -0.05) is 28.1 Å². The van der Waals surface area contributed by atoms with Crippen molar-refractivity contribution in [3.8, 4) is 0 Å². The molecular weight excluding hydrogens is 292 g/mol. The molecule has 18 heavy (non-hydrogen) atoms. The van der Waals surface area contributed by atoms with Gasteiger partial charge in [0.25, 0.3) is 0 Å². The molecule has 0 bridgehead atoms. The van der Waals surface area contributed by atoms with Crippen molar-refractivity contribution in [2.75, 3.05) is 32.8 Å². The van der Waals surface area contributed by atoms with Gasteiger partial charge in [0.05, 0.1) is 12.6 Å². The lowest BCUT2D eigenvalue weighted by molar-refractivity contribution is 0.130. The Morgan fingerprint density at radius 3 is 2.94 bits per heavy atom. The molecule has 1 fully saturated rings. The lowest BCUT2D eigenvalue weighted by atomic mass is 10.0. The minimum absolute atomic E-state index is 0.113. The van der Waals surface area contributed by atoms with E-state index in [2.05, 4.69) is 51.3 Å². The van der Waals surface area contributed by atoms with Gasteiger partial charge >= 0.3 is 0 Å². The van der Waals surface area contributed by atoms with Crippen LogP contribution in [0.15, 0.2) is 22.7 Å². The van der Waals surface area contributed by atoms with Gasteiger partial charge in [0, 0.05) is 24.1 Å². The quantitative estimate of drug-likeness (QED) is 0.897. The van der Waals surface area contributed by atoms with Crippen LogP contribution in [0.4, 0.5) is 0 Å². The second-order valence-electron chi connectivity index (χ2n) is 4.85. The highest BCUT2D eigenvalue weighted by Crippen LogP contribution is 2.26. The summed E-state index contributed by atoms with van der Waals surface area (Å²) in [5.41, 5.74) is 2.42. The molecule has 0 aromatic heterocycles. The molecule has 4 heteroatoms. The molecule has 3 nitrogen and oxygen atoms in total. The van der Waals surface area contributed by atoms with E-state index in [1.54, 1.807) is 0 Å². The maximum absolute atomic E-state index is 9.71. The van der Waals surface area contributed by atoms with Gasteiger partial charge in [-0.2, -0.15) is 0 Å². The number of halogens is 1. The van der Waals surface area contributed by atoms with Crippen LogP contribution >= 0.6 is 15.9 Å². The van der Waals surface area contributed by atoms with Gasteiger partial charge in [-0.15, -0.1) is 0 Å². The van der Waals surface area contributed by atoms with Gasteiger partial charge in [0.1, 0.15) is 0 Å². The van der Waals surface area contributed by atoms with Gasteiger partial charge in [0.15, 0.2) is 0 Å². The largest absolute Gasteiger partial charge is 0.394 e. The molecule has 0 radical (unpaired) electrons. The van der Waals surface area contributed by atoms with Crippen LogP contribution in [0.5, 0.6) is 0 Å². The molecule has 1 aromatic carbocycles. The van der Waals surface area contributed by atoms with Crippen molar-refractivity contribution in [3.05, 3.63) is 33.8 Å². The number of nitrogens with zero attached hydrogens (tertiary/aromatic N) is 1. The third kappa shape index (κ3) is 3.32. The van der Waals surface area contributed by atoms with E-state index in [-0.39, 0.29) is 12.6 Å². The van der Waals surface area contributed by atoms with Crippen LogP contribution in [-0.4, -0.2) is 42.8 Å². The Morgan fingerprint density at radius 1 is 1.39 bits per heavy atom. The summed E-state index contributed by atoms with van der Waals surface area (Å²) in [5.74, 6) is 0. The molecule has 0 aliphatic carbocycles. The zero-order valence-electron chi connectivity index (χ0n) is 10.8. The van der Waals surface area contributed by atoms with Gasteiger partial charge < -0.3 is 10.4 Å². The minimum Gasteiger partial charge on any atom is -0.394 e. The average molecular weight is 313 g/mol. The number of hydrogen-bond acceptors (Lipinski definition) is 3. The zero-order valence-corrected chi connectivity index (χ0v) is 12.4. The molecule has 0 spiro atoms. The molecule has 1 aromatic rings. The first-order chi connectivity index (χ1) is 8.72. The predicted molar refractivity (Wildman–Crippen MR) is 77.8 cm³/mol. The summed E-state index contributed by atoms with van der Waals surface area (Å²) in [6.07, 6.45) is 1.14. The highest BCUT2D eigenvalue weighted by molar-refractivity contribution is 9.10. The number of aryl methyl sites for hydroxylation is 1. The summed E-state index contributed by atoms with van der Waals surface area (Å²) >= 11 is 3.57. The summed E-state index contributed by atoms with van der Waals surface area (Å²) in [6, 6.07) is 6.48. The van der Waals surface area contributed by atoms with Crippen LogP contribution in [0.25, 0.3) is 0 Å². The van der Waals surface area contributed by atoms with Crippen LogP contribution in [0, 0.1) is 6.92 Å². The molecule has 1 saturated heterocycles. The van der Waals surface area contributed by atoms with Gasteiger partial charge in [-0.05, 0) is 37.1 Å². The average Bonchev–Trinajstić information content (AvgIpc) is 2.64. The summed E-state index contributed by atoms with van der Waals surface area (Å²) in [4.78, 5) is 2.37. The third-order valence-electron chi connectivity index (χ3n) is 3.57. The first kappa shape index (κ1) is 14.0. The smallest absolute Gasteiger partial charge is 0.0628 e. The summed E-state index contributed by atoms with van der Waals surface area (Å²) in [7, 11) is 0. The van der Waals surface area contributed by atoms with E-state index in [9.17, 15) is 5.11 Å². The molecule has 100 valence electrons. The number of hydrogen-bond donors (Lipinski definition) is 2. The van der Waals surface area contributed by atoms with Crippen molar-refractivity contribution in [1.29, 1.82) is 0 Å². The highest BCUT2D eigenvalue weighted by atomic mass is 79.9. The van der Waals surface area contributed by atoms with E-state index in [0.29, 0.717) is 0 Å². The normalized spacial score (nSPS) is 19.5. The van der Waals surface area contributed by atoms with Crippen molar-refractivity contribution < 1.29 is 5.11 Å². The lowest BCUT2D eigenvalue weighted by Crippen LogP contribution is -2.34. The van der Waals surface area contributed by atoms with Crippen molar-refractivity contribution in [1.82, 2.24) is 10.2 Å². The molecule has 1 unspecified atom stereocenters. The fourth-order valence-corrected chi connectivity index (χ4v) is 2.82. The topological polar surface area (TPSA) is 35.5 Å². The number of aliphatic hydroxyl groups excluding tert-OH is 1. The summed E-state index contributed by atoms with van der Waals surface area (Å²) < 4.78 is 1.12. The molecule has 2 rings (SSSR count). The Labute approximate surface area is 117 Å². The number of aliphatic hydroxyl groups is 1. The minimum atomic E-state index is 0.113. The summed E-state index contributed by atoms with van der Waals surface area (Å²) in [6.45, 7) is 6.38. The predicted octanol–water partition coefficient (Wildman–Crippen LogP) is 2.09. The third-order valence-corrected chi connectivity index (χ3v) is 4.42. The molecule has 1 heterocycles. The first-order valence-electron chi connectivity index (χ1n) is 6.54. The standard InChI is InChI=1S/C14H21BrN2O/c1-11-3-4-12(9-13(11)15)14(10-18)17-7-2-5-16-6-8-17/h3-4,9,14,16,18H,2,5-8,10H2,1H3. The van der Waals surface area contributed by atoms with Crippen LogP contribution in [0.1, 0.15) is 23.6 Å². The Morgan fingerprint density at radius 2 is 2.22 bits per heavy atom. The molecular formula is C14H21BrN2O. The molecule has 0 amide bonds. The first-order valence-corrected chi connectivity index (χ1v) is 7.33. The van der Waals surface area contributed by atoms with Crippen LogP contribution in [0.3, 0.4) is 0 Å².